The van der Waals surface area contributed by atoms with Crippen molar-refractivity contribution in [1.29, 1.82) is 0 Å². The average molecular weight is 456 g/mol. The molecule has 0 aromatic heterocycles. The summed E-state index contributed by atoms with van der Waals surface area (Å²) in [4.78, 5) is 53.6. The maximum atomic E-state index is 13.5. The molecule has 3 aliphatic carbocycles. The number of hydrogen-bond acceptors (Lipinski definition) is 9. The summed E-state index contributed by atoms with van der Waals surface area (Å²) in [5.74, 6) is -6.46. The van der Waals surface area contributed by atoms with Crippen LogP contribution in [-0.4, -0.2) is 73.2 Å². The van der Waals surface area contributed by atoms with Gasteiger partial charge in [-0.25, -0.2) is 0 Å². The lowest BCUT2D eigenvalue weighted by molar-refractivity contribution is -0.201. The van der Waals surface area contributed by atoms with Crippen LogP contribution in [0.4, 0.5) is 0 Å². The molecule has 0 saturated heterocycles. The first kappa shape index (κ1) is 22.5. The van der Waals surface area contributed by atoms with E-state index in [1.165, 1.54) is 18.2 Å². The third-order valence-corrected chi connectivity index (χ3v) is 6.33. The van der Waals surface area contributed by atoms with Crippen LogP contribution < -0.4 is 0 Å². The van der Waals surface area contributed by atoms with Crippen LogP contribution in [0.25, 0.3) is 5.53 Å². The van der Waals surface area contributed by atoms with Gasteiger partial charge in [-0.1, -0.05) is 12.1 Å². The number of phenolic OH excluding ortho intramolecular Hbond substituents is 1. The number of nitrogens with zero attached hydrogens (tertiary/aromatic N) is 2. The molecule has 3 N–H and O–H groups in total. The molecule has 0 aliphatic heterocycles. The summed E-state index contributed by atoms with van der Waals surface area (Å²) in [5, 5.41) is 32.6. The first-order chi connectivity index (χ1) is 15.4. The van der Waals surface area contributed by atoms with Gasteiger partial charge in [-0.15, -0.1) is 0 Å². The Kier molecular flexibility index (Phi) is 5.08. The van der Waals surface area contributed by atoms with Crippen LogP contribution in [0.2, 0.25) is 0 Å². The highest BCUT2D eigenvalue weighted by Crippen LogP contribution is 2.52. The monoisotopic (exact) mass is 456 g/mol. The van der Waals surface area contributed by atoms with Gasteiger partial charge < -0.3 is 30.3 Å². The lowest BCUT2D eigenvalue weighted by Crippen LogP contribution is -2.62. The van der Waals surface area contributed by atoms with E-state index in [0.29, 0.717) is 0 Å². The second-order valence-electron chi connectivity index (χ2n) is 8.43. The van der Waals surface area contributed by atoms with Crippen LogP contribution in [0.3, 0.4) is 0 Å². The van der Waals surface area contributed by atoms with Crippen molar-refractivity contribution in [3.05, 3.63) is 46.0 Å². The van der Waals surface area contributed by atoms with Crippen molar-refractivity contribution in [3.8, 4) is 5.75 Å². The van der Waals surface area contributed by atoms with Gasteiger partial charge in [0.1, 0.15) is 23.4 Å². The standard InChI is InChI=1S/C22H20N2O9/c1-7(25)32-20-15-13(19(30)21(22(20,3)31)33-8(2)26)12-14(16(15)24-23)18(29)11-9(17(12)28)5-4-6-10(11)27/h4-6,12,14,19-21,27,30-31H,1-3H3/t12?,14?,19-,20+,21+,22+/m0/s1. The lowest BCUT2D eigenvalue weighted by atomic mass is 9.70. The van der Waals surface area contributed by atoms with E-state index >= 15 is 0 Å². The Morgan fingerprint density at radius 1 is 1.09 bits per heavy atom. The molecule has 172 valence electrons. The van der Waals surface area contributed by atoms with Crippen molar-refractivity contribution in [2.45, 2.75) is 44.7 Å². The maximum Gasteiger partial charge on any atom is 0.310 e. The summed E-state index contributed by atoms with van der Waals surface area (Å²) < 4.78 is 10.4. The highest BCUT2D eigenvalue weighted by Gasteiger charge is 2.67. The number of hydrogen-bond donors (Lipinski definition) is 3. The predicted molar refractivity (Wildman–Crippen MR) is 107 cm³/mol. The summed E-state index contributed by atoms with van der Waals surface area (Å²) >= 11 is 0. The van der Waals surface area contributed by atoms with Crippen LogP contribution in [-0.2, 0) is 19.1 Å². The Bertz CT molecular complexity index is 1210. The smallest absolute Gasteiger partial charge is 0.310 e. The largest absolute Gasteiger partial charge is 0.507 e. The van der Waals surface area contributed by atoms with Gasteiger partial charge in [0.25, 0.3) is 0 Å². The fraction of sp³-hybridized carbons (Fsp3) is 0.409. The van der Waals surface area contributed by atoms with Gasteiger partial charge in [-0.2, -0.15) is 4.79 Å². The number of carbonyl (C=O) groups is 4. The number of phenols is 1. The number of Topliss-reactive ketones (excluding diaryl/α,β-unsaturated/α-hetero) is 2. The molecule has 33 heavy (non-hydrogen) atoms. The van der Waals surface area contributed by atoms with Crippen molar-refractivity contribution in [2.24, 2.45) is 11.8 Å². The van der Waals surface area contributed by atoms with Crippen molar-refractivity contribution in [3.63, 3.8) is 0 Å². The number of carbonyl (C=O) groups excluding carboxylic acids is 4. The van der Waals surface area contributed by atoms with E-state index in [-0.39, 0.29) is 22.3 Å². The Morgan fingerprint density at radius 2 is 1.73 bits per heavy atom. The molecule has 1 aromatic rings. The number of esters is 2. The first-order valence-corrected chi connectivity index (χ1v) is 10.0. The molecule has 1 aromatic carbocycles. The molecule has 0 bridgehead atoms. The highest BCUT2D eigenvalue weighted by atomic mass is 16.6. The molecule has 11 heteroatoms. The Balaban J connectivity index is 2.00. The van der Waals surface area contributed by atoms with E-state index < -0.39 is 70.7 Å². The minimum absolute atomic E-state index is 0.107. The number of aliphatic hydroxyl groups is 2. The van der Waals surface area contributed by atoms with Crippen molar-refractivity contribution >= 4 is 29.2 Å². The van der Waals surface area contributed by atoms with E-state index in [1.54, 1.807) is 0 Å². The van der Waals surface area contributed by atoms with Crippen molar-refractivity contribution < 1.29 is 48.8 Å². The molecular weight excluding hydrogens is 436 g/mol. The average Bonchev–Trinajstić information content (AvgIpc) is 3.07. The van der Waals surface area contributed by atoms with E-state index in [0.717, 1.165) is 20.8 Å². The predicted octanol–water partition coefficient (Wildman–Crippen LogP) is -0.0265. The molecule has 0 radical (unpaired) electrons. The third kappa shape index (κ3) is 3.05. The normalized spacial score (nSPS) is 32.5. The van der Waals surface area contributed by atoms with Crippen LogP contribution in [0.1, 0.15) is 41.5 Å². The van der Waals surface area contributed by atoms with Crippen LogP contribution in [0.5, 0.6) is 5.75 Å². The molecule has 11 nitrogen and oxygen atoms in total. The summed E-state index contributed by atoms with van der Waals surface area (Å²) in [6.07, 6.45) is -5.12. The van der Waals surface area contributed by atoms with E-state index in [9.17, 15) is 40.0 Å². The third-order valence-electron chi connectivity index (χ3n) is 6.33. The molecule has 0 fully saturated rings. The first-order valence-electron chi connectivity index (χ1n) is 10.0. The summed E-state index contributed by atoms with van der Waals surface area (Å²) in [5.41, 5.74) is 6.46. The quantitative estimate of drug-likeness (QED) is 0.312. The van der Waals surface area contributed by atoms with Crippen molar-refractivity contribution in [2.75, 3.05) is 0 Å². The molecule has 2 unspecified atom stereocenters. The Hall–Kier alpha value is -3.66. The van der Waals surface area contributed by atoms with Crippen LogP contribution in [0, 0.1) is 11.8 Å². The molecule has 0 saturated carbocycles. The minimum Gasteiger partial charge on any atom is -0.507 e. The number of benzene rings is 1. The second kappa shape index (κ2) is 7.45. The van der Waals surface area contributed by atoms with Gasteiger partial charge in [0.05, 0.1) is 17.1 Å². The molecule has 0 amide bonds. The lowest BCUT2D eigenvalue weighted by Gasteiger charge is -2.44. The van der Waals surface area contributed by atoms with Gasteiger partial charge in [0, 0.05) is 19.4 Å². The number of fused-ring (bicyclic) bond motifs is 3. The Morgan fingerprint density at radius 3 is 2.30 bits per heavy atom. The minimum atomic E-state index is -2.22. The van der Waals surface area contributed by atoms with Gasteiger partial charge in [0.15, 0.2) is 23.8 Å². The van der Waals surface area contributed by atoms with E-state index in [4.69, 9.17) is 9.47 Å². The molecule has 4 rings (SSSR count). The van der Waals surface area contributed by atoms with E-state index in [2.05, 4.69) is 4.79 Å². The topological polar surface area (TPSA) is 184 Å². The molecule has 6 atom stereocenters. The summed E-state index contributed by atoms with van der Waals surface area (Å²) in [6.45, 7) is 3.23. The molecular formula is C22H20N2O9. The summed E-state index contributed by atoms with van der Waals surface area (Å²) in [7, 11) is 0. The molecule has 3 aliphatic rings. The number of aliphatic hydroxyl groups excluding tert-OH is 1. The van der Waals surface area contributed by atoms with Crippen LogP contribution in [0.15, 0.2) is 29.3 Å². The van der Waals surface area contributed by atoms with Gasteiger partial charge in [-0.05, 0) is 18.6 Å². The fourth-order valence-corrected chi connectivity index (χ4v) is 5.09. The zero-order chi connectivity index (χ0) is 24.4. The van der Waals surface area contributed by atoms with Gasteiger partial charge in [-0.3, -0.25) is 19.2 Å². The molecule has 0 heterocycles. The zero-order valence-electron chi connectivity index (χ0n) is 17.8. The SMILES string of the molecule is CC(=O)O[C@@H]1C2=C(C3C(=O)c4cccc(O)c4C(=O)C3C2=[N+]=[N-])[C@H](O)[C@@H](OC(C)=O)[C@]1(C)O. The Labute approximate surface area is 186 Å². The van der Waals surface area contributed by atoms with Crippen LogP contribution >= 0.6 is 0 Å². The number of rotatable bonds is 2. The van der Waals surface area contributed by atoms with Crippen molar-refractivity contribution in [1.82, 2.24) is 0 Å². The number of ketones is 2. The van der Waals surface area contributed by atoms with E-state index in [1.807, 2.05) is 0 Å². The number of ether oxygens (including phenoxy) is 2. The van der Waals surface area contributed by atoms with Gasteiger partial charge >= 0.3 is 17.7 Å². The number of aromatic hydroxyl groups is 1. The maximum absolute atomic E-state index is 13.5. The summed E-state index contributed by atoms with van der Waals surface area (Å²) in [6, 6.07) is 3.93. The fourth-order valence-electron chi connectivity index (χ4n) is 5.09. The van der Waals surface area contributed by atoms with Gasteiger partial charge in [0.2, 0.25) is 0 Å². The second-order valence-corrected chi connectivity index (χ2v) is 8.43. The zero-order valence-corrected chi connectivity index (χ0v) is 17.8. The molecule has 0 spiro atoms. The highest BCUT2D eigenvalue weighted by molar-refractivity contribution is 6.29.